The highest BCUT2D eigenvalue weighted by molar-refractivity contribution is 6.05. The molecule has 244 valence electrons. The van der Waals surface area contributed by atoms with Gasteiger partial charge in [0.15, 0.2) is 12.1 Å². The van der Waals surface area contributed by atoms with E-state index >= 15 is 0 Å². The van der Waals surface area contributed by atoms with Crippen molar-refractivity contribution in [2.24, 2.45) is 0 Å². The highest BCUT2D eigenvalue weighted by atomic mass is 16.7. The number of benzene rings is 4. The van der Waals surface area contributed by atoms with Gasteiger partial charge in [-0.1, -0.05) is 98.1 Å². The summed E-state index contributed by atoms with van der Waals surface area (Å²) in [5.74, 6) is -0.411. The number of hydrogen-bond donors (Lipinski definition) is 2. The quantitative estimate of drug-likeness (QED) is 0.183. The predicted molar refractivity (Wildman–Crippen MR) is 183 cm³/mol. The first-order valence-corrected chi connectivity index (χ1v) is 16.8. The maximum absolute atomic E-state index is 13.4. The van der Waals surface area contributed by atoms with Gasteiger partial charge in [-0.25, -0.2) is 0 Å². The van der Waals surface area contributed by atoms with E-state index in [2.05, 4.69) is 34.5 Å². The zero-order valence-corrected chi connectivity index (χ0v) is 27.0. The van der Waals surface area contributed by atoms with Gasteiger partial charge in [-0.2, -0.15) is 0 Å². The van der Waals surface area contributed by atoms with Crippen LogP contribution in [0.15, 0.2) is 103 Å². The number of ether oxygens (including phenoxy) is 2. The molecule has 0 aromatic heterocycles. The maximum atomic E-state index is 13.4. The normalized spacial score (nSPS) is 22.2. The average molecular weight is 633 g/mol. The third-order valence-electron chi connectivity index (χ3n) is 9.31. The second-order valence-electron chi connectivity index (χ2n) is 12.7. The highest BCUT2D eigenvalue weighted by Gasteiger charge is 2.42. The van der Waals surface area contributed by atoms with Gasteiger partial charge in [0.1, 0.15) is 0 Å². The molecule has 7 nitrogen and oxygen atoms in total. The number of hydrogen-bond acceptors (Lipinski definition) is 6. The van der Waals surface area contributed by atoms with Crippen LogP contribution in [0.3, 0.4) is 0 Å². The maximum Gasteiger partial charge on any atom is 0.255 e. The van der Waals surface area contributed by atoms with Crippen molar-refractivity contribution in [1.82, 2.24) is 4.90 Å². The molecule has 0 saturated carbocycles. The van der Waals surface area contributed by atoms with Gasteiger partial charge in [0.25, 0.3) is 5.91 Å². The van der Waals surface area contributed by atoms with E-state index in [4.69, 9.17) is 9.47 Å². The lowest BCUT2D eigenvalue weighted by atomic mass is 9.83. The molecular weight excluding hydrogens is 588 g/mol. The fourth-order valence-corrected chi connectivity index (χ4v) is 6.76. The second kappa shape index (κ2) is 15.6. The van der Waals surface area contributed by atoms with E-state index in [1.54, 1.807) is 30.3 Å². The van der Waals surface area contributed by atoms with E-state index in [-0.39, 0.29) is 36.4 Å². The summed E-state index contributed by atoms with van der Waals surface area (Å²) < 4.78 is 13.8. The van der Waals surface area contributed by atoms with Crippen LogP contribution in [0.1, 0.15) is 100 Å². The molecule has 0 spiro atoms. The third-order valence-corrected chi connectivity index (χ3v) is 9.31. The van der Waals surface area contributed by atoms with Gasteiger partial charge >= 0.3 is 0 Å². The van der Waals surface area contributed by atoms with Crippen molar-refractivity contribution in [2.75, 3.05) is 25.0 Å². The molecule has 47 heavy (non-hydrogen) atoms. The van der Waals surface area contributed by atoms with Crippen LogP contribution in [-0.2, 0) is 16.1 Å². The number of amides is 1. The first-order valence-electron chi connectivity index (χ1n) is 16.8. The molecule has 2 aliphatic rings. The van der Waals surface area contributed by atoms with Crippen LogP contribution in [0, 0.1) is 0 Å². The number of aliphatic hydroxyl groups excluding tert-OH is 1. The van der Waals surface area contributed by atoms with Crippen LogP contribution < -0.4 is 5.32 Å². The molecule has 2 aliphatic heterocycles. The molecule has 2 N–H and O–H groups in total. The monoisotopic (exact) mass is 632 g/mol. The van der Waals surface area contributed by atoms with Crippen molar-refractivity contribution >= 4 is 17.4 Å². The molecule has 0 bridgehead atoms. The van der Waals surface area contributed by atoms with Crippen molar-refractivity contribution in [1.29, 1.82) is 0 Å². The van der Waals surface area contributed by atoms with Gasteiger partial charge in [-0.05, 0) is 73.8 Å². The number of nitrogens with one attached hydrogen (secondary N) is 1. The zero-order valence-electron chi connectivity index (χ0n) is 27.0. The van der Waals surface area contributed by atoms with Crippen LogP contribution in [0.5, 0.6) is 0 Å². The van der Waals surface area contributed by atoms with Gasteiger partial charge in [0.05, 0.1) is 18.8 Å². The Bertz CT molecular complexity index is 1630. The number of carbonyl (C=O) groups excluding carboxylic acids is 2. The molecule has 2 heterocycles. The highest BCUT2D eigenvalue weighted by Crippen LogP contribution is 2.47. The summed E-state index contributed by atoms with van der Waals surface area (Å²) in [6, 6.07) is 32.8. The van der Waals surface area contributed by atoms with Gasteiger partial charge < -0.3 is 24.8 Å². The molecule has 1 amide bonds. The molecule has 2 saturated heterocycles. The summed E-state index contributed by atoms with van der Waals surface area (Å²) in [4.78, 5) is 27.8. The largest absolute Gasteiger partial charge is 0.392 e. The Morgan fingerprint density at radius 3 is 2.15 bits per heavy atom. The van der Waals surface area contributed by atoms with Crippen molar-refractivity contribution in [3.05, 3.63) is 137 Å². The van der Waals surface area contributed by atoms with Crippen LogP contribution in [0.4, 0.5) is 5.69 Å². The standard InChI is InChI=1S/C40H44N2O5/c1-28(44)32-14-11-17-35(25-32)41-39(45)33-15-10-16-34(24-33)40-46-36(26-42-22-8-3-2-4-9-23-42)37(30-12-6-5-7-13-30)38(47-40)31-20-18-29(27-43)19-21-31/h5-7,10-21,24-25,36-38,40,43H,2-4,8-9,22-23,26-27H2,1H3,(H,41,45). The van der Waals surface area contributed by atoms with Crippen molar-refractivity contribution < 1.29 is 24.2 Å². The van der Waals surface area contributed by atoms with E-state index in [0.29, 0.717) is 16.8 Å². The number of carbonyl (C=O) groups is 2. The number of Topliss-reactive ketones (excluding diaryl/α,β-unsaturated/α-hetero) is 1. The van der Waals surface area contributed by atoms with Gasteiger partial charge in [-0.15, -0.1) is 0 Å². The molecule has 4 aromatic carbocycles. The number of rotatable bonds is 9. The lowest BCUT2D eigenvalue weighted by Gasteiger charge is -2.44. The SMILES string of the molecule is CC(=O)c1cccc(NC(=O)c2cccc(C3OC(CN4CCCCCCC4)C(c4ccccc4)C(c4ccc(CO)cc4)O3)c2)c1. The van der Waals surface area contributed by atoms with E-state index in [0.717, 1.165) is 41.9 Å². The van der Waals surface area contributed by atoms with Gasteiger partial charge in [0, 0.05) is 34.8 Å². The fraction of sp³-hybridized carbons (Fsp3) is 0.350. The van der Waals surface area contributed by atoms with E-state index in [9.17, 15) is 14.7 Å². The smallest absolute Gasteiger partial charge is 0.255 e. The third kappa shape index (κ3) is 8.24. The Morgan fingerprint density at radius 2 is 1.43 bits per heavy atom. The Labute approximate surface area is 277 Å². The van der Waals surface area contributed by atoms with E-state index in [1.807, 2.05) is 48.5 Å². The van der Waals surface area contributed by atoms with Gasteiger partial charge in [0.2, 0.25) is 0 Å². The minimum atomic E-state index is -0.703. The summed E-state index contributed by atoms with van der Waals surface area (Å²) in [5.41, 5.74) is 5.34. The fourth-order valence-electron chi connectivity index (χ4n) is 6.76. The topological polar surface area (TPSA) is 88.1 Å². The summed E-state index contributed by atoms with van der Waals surface area (Å²) >= 11 is 0. The second-order valence-corrected chi connectivity index (χ2v) is 12.7. The summed E-state index contributed by atoms with van der Waals surface area (Å²) in [6.45, 7) is 4.35. The Balaban J connectivity index is 1.33. The van der Waals surface area contributed by atoms with Crippen LogP contribution in [0.25, 0.3) is 0 Å². The molecular formula is C40H44N2O5. The number of anilines is 1. The first kappa shape index (κ1) is 32.8. The number of aliphatic hydroxyl groups is 1. The number of likely N-dealkylation sites (tertiary alicyclic amines) is 1. The first-order chi connectivity index (χ1) is 23.0. The summed E-state index contributed by atoms with van der Waals surface area (Å²) in [7, 11) is 0. The lowest BCUT2D eigenvalue weighted by Crippen LogP contribution is -2.45. The van der Waals surface area contributed by atoms with E-state index in [1.165, 1.54) is 39.0 Å². The van der Waals surface area contributed by atoms with Crippen LogP contribution >= 0.6 is 0 Å². The molecule has 2 fully saturated rings. The Hall–Kier alpha value is -4.14. The van der Waals surface area contributed by atoms with Gasteiger partial charge in [-0.3, -0.25) is 9.59 Å². The zero-order chi connectivity index (χ0) is 32.6. The molecule has 4 atom stereocenters. The van der Waals surface area contributed by atoms with E-state index < -0.39 is 6.29 Å². The van der Waals surface area contributed by atoms with Crippen molar-refractivity contribution in [3.63, 3.8) is 0 Å². The summed E-state index contributed by atoms with van der Waals surface area (Å²) in [6.07, 6.45) is 4.97. The van der Waals surface area contributed by atoms with Crippen LogP contribution in [0.2, 0.25) is 0 Å². The Kier molecular flexibility index (Phi) is 10.9. The average Bonchev–Trinajstić information content (AvgIpc) is 3.09. The lowest BCUT2D eigenvalue weighted by molar-refractivity contribution is -0.263. The summed E-state index contributed by atoms with van der Waals surface area (Å²) in [5, 5.41) is 12.7. The van der Waals surface area contributed by atoms with Crippen molar-refractivity contribution in [2.45, 2.75) is 70.1 Å². The molecule has 4 aromatic rings. The molecule has 7 heteroatoms. The van der Waals surface area contributed by atoms with Crippen LogP contribution in [-0.4, -0.2) is 47.4 Å². The molecule has 0 radical (unpaired) electrons. The minimum Gasteiger partial charge on any atom is -0.392 e. The molecule has 6 rings (SSSR count). The number of nitrogens with zero attached hydrogens (tertiary/aromatic N) is 1. The molecule has 4 unspecified atom stereocenters. The predicted octanol–water partition coefficient (Wildman–Crippen LogP) is 7.84. The van der Waals surface area contributed by atoms with Crippen molar-refractivity contribution in [3.8, 4) is 0 Å². The number of ketones is 1. The molecule has 0 aliphatic carbocycles. The Morgan fingerprint density at radius 1 is 0.745 bits per heavy atom. The minimum absolute atomic E-state index is 0.0227.